The molecule has 28 heavy (non-hydrogen) atoms. The van der Waals surface area contributed by atoms with Gasteiger partial charge in [0.2, 0.25) is 5.91 Å². The summed E-state index contributed by atoms with van der Waals surface area (Å²) in [5, 5.41) is 5.63. The molecule has 2 N–H and O–H groups in total. The van der Waals surface area contributed by atoms with Crippen molar-refractivity contribution >= 4 is 40.2 Å². The number of hydrogen-bond acceptors (Lipinski definition) is 3. The second-order valence-corrected chi connectivity index (χ2v) is 9.07. The average Bonchev–Trinajstić information content (AvgIpc) is 2.60. The van der Waals surface area contributed by atoms with E-state index < -0.39 is 3.68 Å². The number of pyridine rings is 1. The van der Waals surface area contributed by atoms with Crippen molar-refractivity contribution in [2.45, 2.75) is 62.6 Å². The van der Waals surface area contributed by atoms with Gasteiger partial charge in [0.25, 0.3) is 5.91 Å². The molecular weight excluding hydrogens is 472 g/mol. The number of anilines is 1. The van der Waals surface area contributed by atoms with Crippen LogP contribution in [-0.4, -0.2) is 26.5 Å². The summed E-state index contributed by atoms with van der Waals surface area (Å²) in [5.41, 5.74) is 1.39. The molecule has 0 aliphatic rings. The lowest BCUT2D eigenvalue weighted by atomic mass is 10.00. The van der Waals surface area contributed by atoms with Crippen molar-refractivity contribution in [1.29, 1.82) is 0 Å². The summed E-state index contributed by atoms with van der Waals surface area (Å²) in [6.45, 7) is 9.07. The van der Waals surface area contributed by atoms with Crippen molar-refractivity contribution in [1.82, 2.24) is 10.3 Å². The Kier molecular flexibility index (Phi) is 10.3. The van der Waals surface area contributed by atoms with Crippen LogP contribution < -0.4 is 10.6 Å². The van der Waals surface area contributed by atoms with Crippen LogP contribution in [-0.2, 0) is 4.79 Å². The Morgan fingerprint density at radius 2 is 2.14 bits per heavy atom. The van der Waals surface area contributed by atoms with Gasteiger partial charge in [-0.25, -0.2) is 9.37 Å². The minimum absolute atomic E-state index is 0.132. The average molecular weight is 501 g/mol. The fourth-order valence-electron chi connectivity index (χ4n) is 2.64. The van der Waals surface area contributed by atoms with E-state index in [9.17, 15) is 14.0 Å². The van der Waals surface area contributed by atoms with Gasteiger partial charge in [-0.05, 0) is 79.8 Å². The molecule has 0 saturated carbocycles. The summed E-state index contributed by atoms with van der Waals surface area (Å²) in [4.78, 5) is 28.4. The van der Waals surface area contributed by atoms with E-state index in [0.29, 0.717) is 37.1 Å². The first-order valence-electron chi connectivity index (χ1n) is 9.42. The summed E-state index contributed by atoms with van der Waals surface area (Å²) in [5.74, 6) is -0.0442. The van der Waals surface area contributed by atoms with E-state index in [-0.39, 0.29) is 17.9 Å². The molecule has 2 unspecified atom stereocenters. The van der Waals surface area contributed by atoms with Gasteiger partial charge < -0.3 is 10.6 Å². The predicted octanol–water partition coefficient (Wildman–Crippen LogP) is 5.34. The predicted molar refractivity (Wildman–Crippen MR) is 120 cm³/mol. The van der Waals surface area contributed by atoms with E-state index in [1.807, 2.05) is 19.9 Å². The second-order valence-electron chi connectivity index (χ2n) is 6.82. The zero-order valence-electron chi connectivity index (χ0n) is 16.7. The fourth-order valence-corrected chi connectivity index (χ4v) is 3.03. The monoisotopic (exact) mass is 501 g/mol. The molecule has 0 bridgehead atoms. The van der Waals surface area contributed by atoms with E-state index in [1.54, 1.807) is 47.7 Å². The Hall–Kier alpha value is -1.77. The van der Waals surface area contributed by atoms with E-state index in [0.717, 1.165) is 12.0 Å². The number of hydrogen-bond donors (Lipinski definition) is 2. The standard InChI is InChI=1S/C21H29FIN3O2/c1-5-8-16(10-7-12-21(4,22)23)15(3)25-20(28)17-11-13-24-18(14-17)26-19(27)9-6-2/h5,8,11,13-15H,1,6-7,9-10,12H2,2-4H3,(H,25,28)(H,24,26,27)/b16-8+. The Labute approximate surface area is 180 Å². The van der Waals surface area contributed by atoms with Crippen molar-refractivity contribution in [3.63, 3.8) is 0 Å². The maximum atomic E-state index is 13.7. The molecule has 154 valence electrons. The lowest BCUT2D eigenvalue weighted by Gasteiger charge is -2.19. The third-order valence-corrected chi connectivity index (χ3v) is 4.62. The van der Waals surface area contributed by atoms with Gasteiger partial charge in [-0.3, -0.25) is 9.59 Å². The van der Waals surface area contributed by atoms with Gasteiger partial charge in [0.05, 0.1) is 0 Å². The van der Waals surface area contributed by atoms with Crippen LogP contribution in [0.2, 0.25) is 0 Å². The first-order valence-corrected chi connectivity index (χ1v) is 10.5. The topological polar surface area (TPSA) is 71.1 Å². The number of amides is 2. The lowest BCUT2D eigenvalue weighted by molar-refractivity contribution is -0.116. The van der Waals surface area contributed by atoms with Gasteiger partial charge >= 0.3 is 0 Å². The van der Waals surface area contributed by atoms with Gasteiger partial charge in [0.15, 0.2) is 3.68 Å². The Bertz CT molecular complexity index is 714. The number of aromatic nitrogens is 1. The molecule has 5 nitrogen and oxygen atoms in total. The number of allylic oxidation sites excluding steroid dienone is 2. The quantitative estimate of drug-likeness (QED) is 0.244. The van der Waals surface area contributed by atoms with Crippen molar-refractivity contribution in [2.24, 2.45) is 0 Å². The molecular formula is C21H29FIN3O2. The van der Waals surface area contributed by atoms with Crippen molar-refractivity contribution < 1.29 is 14.0 Å². The molecule has 0 aliphatic carbocycles. The highest BCUT2D eigenvalue weighted by Crippen LogP contribution is 2.27. The highest BCUT2D eigenvalue weighted by Gasteiger charge is 2.19. The first-order chi connectivity index (χ1) is 13.2. The van der Waals surface area contributed by atoms with E-state index in [4.69, 9.17) is 0 Å². The number of alkyl halides is 2. The van der Waals surface area contributed by atoms with Gasteiger partial charge in [-0.15, -0.1) is 0 Å². The van der Waals surface area contributed by atoms with Crippen molar-refractivity contribution in [3.8, 4) is 0 Å². The molecule has 1 rings (SSSR count). The molecule has 1 aromatic rings. The number of rotatable bonds is 11. The largest absolute Gasteiger partial charge is 0.346 e. The maximum Gasteiger partial charge on any atom is 0.251 e. The van der Waals surface area contributed by atoms with Crippen LogP contribution in [0.25, 0.3) is 0 Å². The third-order valence-electron chi connectivity index (χ3n) is 4.08. The normalized spacial score (nSPS) is 14.7. The molecule has 0 spiro atoms. The number of nitrogens with zero attached hydrogens (tertiary/aromatic N) is 1. The number of carbonyl (C=O) groups excluding carboxylic acids is 2. The Morgan fingerprint density at radius 3 is 2.75 bits per heavy atom. The van der Waals surface area contributed by atoms with Crippen LogP contribution >= 0.6 is 22.6 Å². The van der Waals surface area contributed by atoms with Crippen LogP contribution in [0.3, 0.4) is 0 Å². The highest BCUT2D eigenvalue weighted by molar-refractivity contribution is 14.1. The maximum absolute atomic E-state index is 13.7. The summed E-state index contributed by atoms with van der Waals surface area (Å²) in [6.07, 6.45) is 7.95. The second kappa shape index (κ2) is 11.9. The molecule has 2 atom stereocenters. The molecule has 1 aromatic heterocycles. The number of carbonyl (C=O) groups is 2. The van der Waals surface area contributed by atoms with Gasteiger partial charge in [-0.1, -0.05) is 25.7 Å². The third kappa shape index (κ3) is 9.43. The summed E-state index contributed by atoms with van der Waals surface area (Å²) in [6, 6.07) is 2.92. The Morgan fingerprint density at radius 1 is 1.43 bits per heavy atom. The molecule has 1 heterocycles. The van der Waals surface area contributed by atoms with Gasteiger partial charge in [0, 0.05) is 24.2 Å². The minimum Gasteiger partial charge on any atom is -0.346 e. The summed E-state index contributed by atoms with van der Waals surface area (Å²) >= 11 is 1.79. The molecule has 0 aliphatic heterocycles. The highest BCUT2D eigenvalue weighted by atomic mass is 127. The van der Waals surface area contributed by atoms with Crippen molar-refractivity contribution in [2.75, 3.05) is 5.32 Å². The Balaban J connectivity index is 2.74. The zero-order valence-corrected chi connectivity index (χ0v) is 18.9. The molecule has 7 heteroatoms. The fraction of sp³-hybridized carbons (Fsp3) is 0.476. The smallest absolute Gasteiger partial charge is 0.251 e. The van der Waals surface area contributed by atoms with Crippen LogP contribution in [0.15, 0.2) is 42.6 Å². The van der Waals surface area contributed by atoms with Gasteiger partial charge in [-0.2, -0.15) is 0 Å². The van der Waals surface area contributed by atoms with Gasteiger partial charge in [0.1, 0.15) is 5.82 Å². The van der Waals surface area contributed by atoms with Crippen LogP contribution in [0.5, 0.6) is 0 Å². The number of halogens is 2. The summed E-state index contributed by atoms with van der Waals surface area (Å²) in [7, 11) is 0. The minimum atomic E-state index is -1.24. The van der Waals surface area contributed by atoms with Crippen molar-refractivity contribution in [3.05, 3.63) is 48.2 Å². The van der Waals surface area contributed by atoms with E-state index in [1.165, 1.54) is 6.20 Å². The number of nitrogens with one attached hydrogen (secondary N) is 2. The molecule has 0 aromatic carbocycles. The SMILES string of the molecule is C=C/C=C(\CCCC(C)(F)I)C(C)NC(=O)c1ccnc(NC(=O)CCC)c1. The lowest BCUT2D eigenvalue weighted by Crippen LogP contribution is -2.34. The summed E-state index contributed by atoms with van der Waals surface area (Å²) < 4.78 is 12.4. The molecule has 0 radical (unpaired) electrons. The van der Waals surface area contributed by atoms with E-state index >= 15 is 0 Å². The van der Waals surface area contributed by atoms with Crippen LogP contribution in [0.1, 0.15) is 63.2 Å². The first kappa shape index (κ1) is 24.3. The molecule has 2 amide bonds. The van der Waals surface area contributed by atoms with E-state index in [2.05, 4.69) is 22.2 Å². The zero-order chi connectivity index (χ0) is 21.2. The molecule has 0 saturated heterocycles. The van der Waals surface area contributed by atoms with Crippen LogP contribution in [0, 0.1) is 0 Å². The van der Waals surface area contributed by atoms with Crippen LogP contribution in [0.4, 0.5) is 10.2 Å². The molecule has 0 fully saturated rings.